The summed E-state index contributed by atoms with van der Waals surface area (Å²) in [7, 11) is 3.29. The van der Waals surface area contributed by atoms with Crippen molar-refractivity contribution in [3.05, 3.63) is 70.7 Å². The maximum absolute atomic E-state index is 12.4. The Bertz CT molecular complexity index is 966. The van der Waals surface area contributed by atoms with Crippen molar-refractivity contribution in [3.8, 4) is 5.75 Å². The molecule has 0 aromatic heterocycles. The third-order valence-corrected chi connectivity index (χ3v) is 5.35. The minimum Gasteiger partial charge on any atom is -0.494 e. The van der Waals surface area contributed by atoms with E-state index in [1.165, 1.54) is 21.7 Å². The average molecular weight is 409 g/mol. The molecule has 1 radical (unpaired) electrons. The molecule has 0 amide bonds. The molecule has 2 aromatic carbocycles. The van der Waals surface area contributed by atoms with E-state index >= 15 is 0 Å². The number of anilines is 2. The number of nitrogens with two attached hydrogens (primary N) is 2. The van der Waals surface area contributed by atoms with Gasteiger partial charge in [0.05, 0.1) is 25.8 Å². The minimum absolute atomic E-state index is 0.214. The van der Waals surface area contributed by atoms with Crippen LogP contribution in [-0.4, -0.2) is 26.7 Å². The van der Waals surface area contributed by atoms with Crippen LogP contribution in [0.25, 0.3) is 0 Å². The monoisotopic (exact) mass is 408 g/mol. The van der Waals surface area contributed by atoms with Gasteiger partial charge in [0, 0.05) is 19.4 Å². The number of aryl methyl sites for hydroxylation is 1. The number of hydrogen-bond donors (Lipinski definition) is 2. The highest BCUT2D eigenvalue weighted by Gasteiger charge is 2.24. The molecule has 6 nitrogen and oxygen atoms in total. The quantitative estimate of drug-likeness (QED) is 0.285. The summed E-state index contributed by atoms with van der Waals surface area (Å²) in [6.07, 6.45) is 5.35. The standard InChI is InChI=1S/C24H30N3O3/c1-5-30-23(28)14-20(17-9-6-15(2)18(11-17)10-16-7-8-16)19-12-21(25)24(27(3)26)22(13-19)29-4/h6-9,11-13,20H,5,10,14,25-26H2,1-4H3. The predicted molar refractivity (Wildman–Crippen MR) is 120 cm³/mol. The van der Waals surface area contributed by atoms with Gasteiger partial charge in [-0.25, -0.2) is 5.84 Å². The van der Waals surface area contributed by atoms with E-state index in [0.29, 0.717) is 23.7 Å². The van der Waals surface area contributed by atoms with E-state index in [1.807, 2.05) is 19.1 Å². The molecule has 0 aliphatic heterocycles. The molecule has 1 aliphatic carbocycles. The Balaban J connectivity index is 2.06. The highest BCUT2D eigenvalue weighted by atomic mass is 16.5. The second kappa shape index (κ2) is 9.22. The zero-order valence-electron chi connectivity index (χ0n) is 18.1. The zero-order chi connectivity index (χ0) is 21.8. The lowest BCUT2D eigenvalue weighted by molar-refractivity contribution is -0.143. The number of methoxy groups -OCH3 is 1. The van der Waals surface area contributed by atoms with Crippen molar-refractivity contribution in [3.63, 3.8) is 0 Å². The summed E-state index contributed by atoms with van der Waals surface area (Å²) in [5, 5.41) is 1.43. The van der Waals surface area contributed by atoms with Crippen molar-refractivity contribution in [1.29, 1.82) is 0 Å². The number of carbonyl (C=O) groups excluding carboxylic acids is 1. The smallest absolute Gasteiger partial charge is 0.306 e. The summed E-state index contributed by atoms with van der Waals surface area (Å²) >= 11 is 0. The summed E-state index contributed by atoms with van der Waals surface area (Å²) in [6.45, 7) is 4.26. The van der Waals surface area contributed by atoms with Crippen LogP contribution in [0.1, 0.15) is 41.5 Å². The number of hydrogen-bond acceptors (Lipinski definition) is 6. The fraction of sp³-hybridized carbons (Fsp3) is 0.333. The SMILES string of the molecule is CCOC(=O)CC(c1ccc(C)c(CC2=C[CH]2)c1)c1cc(N)c(N(C)N)c(OC)c1. The van der Waals surface area contributed by atoms with E-state index < -0.39 is 0 Å². The molecule has 0 fully saturated rings. The Morgan fingerprint density at radius 1 is 1.20 bits per heavy atom. The summed E-state index contributed by atoms with van der Waals surface area (Å²) in [5.41, 5.74) is 13.1. The third kappa shape index (κ3) is 4.94. The lowest BCUT2D eigenvalue weighted by Crippen LogP contribution is -2.26. The number of carbonyl (C=O) groups is 1. The molecular formula is C24H30N3O3. The zero-order valence-corrected chi connectivity index (χ0v) is 18.1. The molecule has 0 bridgehead atoms. The Morgan fingerprint density at radius 3 is 2.53 bits per heavy atom. The molecule has 0 heterocycles. The van der Waals surface area contributed by atoms with Crippen molar-refractivity contribution >= 4 is 17.3 Å². The van der Waals surface area contributed by atoms with Gasteiger partial charge in [0.1, 0.15) is 11.4 Å². The molecule has 0 saturated carbocycles. The van der Waals surface area contributed by atoms with Gasteiger partial charge in [-0.05, 0) is 54.7 Å². The molecule has 1 atom stereocenters. The molecule has 3 rings (SSSR count). The van der Waals surface area contributed by atoms with Crippen LogP contribution in [0.15, 0.2) is 42.0 Å². The van der Waals surface area contributed by atoms with E-state index in [9.17, 15) is 4.79 Å². The molecule has 30 heavy (non-hydrogen) atoms. The predicted octanol–water partition coefficient (Wildman–Crippen LogP) is 3.67. The Morgan fingerprint density at radius 2 is 1.93 bits per heavy atom. The van der Waals surface area contributed by atoms with Crippen LogP contribution in [-0.2, 0) is 16.0 Å². The molecule has 0 spiro atoms. The van der Waals surface area contributed by atoms with Gasteiger partial charge in [0.25, 0.3) is 0 Å². The summed E-state index contributed by atoms with van der Waals surface area (Å²) in [6, 6.07) is 10.1. The summed E-state index contributed by atoms with van der Waals surface area (Å²) in [4.78, 5) is 12.4. The van der Waals surface area contributed by atoms with Gasteiger partial charge in [-0.1, -0.05) is 29.8 Å². The largest absolute Gasteiger partial charge is 0.494 e. The second-order valence-corrected chi connectivity index (χ2v) is 7.60. The number of hydrazine groups is 1. The fourth-order valence-corrected chi connectivity index (χ4v) is 3.70. The van der Waals surface area contributed by atoms with Crippen molar-refractivity contribution < 1.29 is 14.3 Å². The first-order chi connectivity index (χ1) is 14.3. The average Bonchev–Trinajstić information content (AvgIpc) is 3.51. The van der Waals surface area contributed by atoms with Gasteiger partial charge in [-0.2, -0.15) is 0 Å². The number of esters is 1. The molecule has 0 saturated heterocycles. The lowest BCUT2D eigenvalue weighted by atomic mass is 9.85. The summed E-state index contributed by atoms with van der Waals surface area (Å²) < 4.78 is 10.8. The number of nitrogen functional groups attached to an aromatic ring is 1. The molecule has 1 aliphatic rings. The van der Waals surface area contributed by atoms with Gasteiger partial charge in [-0.15, -0.1) is 0 Å². The van der Waals surface area contributed by atoms with Crippen molar-refractivity contribution in [2.75, 3.05) is 31.5 Å². The van der Waals surface area contributed by atoms with Gasteiger partial charge in [0.15, 0.2) is 0 Å². The van der Waals surface area contributed by atoms with Crippen LogP contribution in [0.5, 0.6) is 5.75 Å². The van der Waals surface area contributed by atoms with Crippen LogP contribution >= 0.6 is 0 Å². The lowest BCUT2D eigenvalue weighted by Gasteiger charge is -2.23. The Kier molecular flexibility index (Phi) is 6.67. The topological polar surface area (TPSA) is 90.8 Å². The van der Waals surface area contributed by atoms with Crippen LogP contribution < -0.4 is 21.3 Å². The maximum atomic E-state index is 12.4. The first kappa shape index (κ1) is 21.7. The summed E-state index contributed by atoms with van der Waals surface area (Å²) in [5.74, 6) is 6.03. The third-order valence-electron chi connectivity index (χ3n) is 5.35. The van der Waals surface area contributed by atoms with Crippen molar-refractivity contribution in [1.82, 2.24) is 0 Å². The maximum Gasteiger partial charge on any atom is 0.306 e. The molecule has 6 heteroatoms. The van der Waals surface area contributed by atoms with Gasteiger partial charge in [-0.3, -0.25) is 4.79 Å². The molecule has 2 aromatic rings. The van der Waals surface area contributed by atoms with Crippen LogP contribution in [0, 0.1) is 13.3 Å². The van der Waals surface area contributed by atoms with E-state index in [-0.39, 0.29) is 18.3 Å². The van der Waals surface area contributed by atoms with Crippen molar-refractivity contribution in [2.24, 2.45) is 5.84 Å². The van der Waals surface area contributed by atoms with Crippen LogP contribution in [0.4, 0.5) is 11.4 Å². The highest BCUT2D eigenvalue weighted by Crippen LogP contribution is 2.39. The normalized spacial score (nSPS) is 13.4. The number of rotatable bonds is 9. The Labute approximate surface area is 178 Å². The van der Waals surface area contributed by atoms with Gasteiger partial charge < -0.3 is 20.2 Å². The van der Waals surface area contributed by atoms with Crippen LogP contribution in [0.2, 0.25) is 0 Å². The molecular weight excluding hydrogens is 378 g/mol. The fourth-order valence-electron chi connectivity index (χ4n) is 3.70. The first-order valence-electron chi connectivity index (χ1n) is 10.1. The van der Waals surface area contributed by atoms with Gasteiger partial charge in [0.2, 0.25) is 0 Å². The minimum atomic E-state index is -0.250. The number of nitrogens with zero attached hydrogens (tertiary/aromatic N) is 1. The first-order valence-corrected chi connectivity index (χ1v) is 10.1. The van der Waals surface area contributed by atoms with E-state index in [2.05, 4.69) is 37.6 Å². The molecule has 4 N–H and O–H groups in total. The highest BCUT2D eigenvalue weighted by molar-refractivity contribution is 5.77. The van der Waals surface area contributed by atoms with E-state index in [0.717, 1.165) is 17.5 Å². The van der Waals surface area contributed by atoms with E-state index in [1.54, 1.807) is 14.2 Å². The molecule has 159 valence electrons. The van der Waals surface area contributed by atoms with Crippen molar-refractivity contribution in [2.45, 2.75) is 32.6 Å². The number of allylic oxidation sites excluding steroid dienone is 2. The van der Waals surface area contributed by atoms with E-state index in [4.69, 9.17) is 21.1 Å². The Hall–Kier alpha value is -2.99. The molecule has 1 unspecified atom stereocenters. The second-order valence-electron chi connectivity index (χ2n) is 7.60. The van der Waals surface area contributed by atoms with Crippen LogP contribution in [0.3, 0.4) is 0 Å². The van der Waals surface area contributed by atoms with Gasteiger partial charge >= 0.3 is 5.97 Å². The number of benzene rings is 2. The number of ether oxygens (including phenoxy) is 2.